The van der Waals surface area contributed by atoms with Gasteiger partial charge in [-0.25, -0.2) is 4.79 Å². The summed E-state index contributed by atoms with van der Waals surface area (Å²) in [5, 5.41) is 0. The van der Waals surface area contributed by atoms with Crippen LogP contribution in [0.2, 0.25) is 0 Å². The Morgan fingerprint density at radius 2 is 2.17 bits per heavy atom. The molecule has 0 aliphatic carbocycles. The molecule has 1 aliphatic rings. The van der Waals surface area contributed by atoms with Crippen LogP contribution in [-0.2, 0) is 9.53 Å². The SMILES string of the molecule is CCCCOC(=O)COc1ccc2c(c1)OCO2. The number of rotatable bonds is 6. The third-order valence-corrected chi connectivity index (χ3v) is 2.46. The Morgan fingerprint density at radius 3 is 3.00 bits per heavy atom. The fourth-order valence-corrected chi connectivity index (χ4v) is 1.48. The van der Waals surface area contributed by atoms with Gasteiger partial charge in [0.2, 0.25) is 6.79 Å². The normalized spacial score (nSPS) is 12.3. The molecule has 0 saturated carbocycles. The molecular formula is C13H16O5. The fourth-order valence-electron chi connectivity index (χ4n) is 1.48. The molecule has 1 heterocycles. The van der Waals surface area contributed by atoms with Crippen molar-refractivity contribution in [3.63, 3.8) is 0 Å². The summed E-state index contributed by atoms with van der Waals surface area (Å²) >= 11 is 0. The van der Waals surface area contributed by atoms with E-state index in [4.69, 9.17) is 18.9 Å². The van der Waals surface area contributed by atoms with E-state index in [0.29, 0.717) is 23.9 Å². The standard InChI is InChI=1S/C13H16O5/c1-2-3-6-15-13(14)8-16-10-4-5-11-12(7-10)18-9-17-11/h4-5,7H,2-3,6,8-9H2,1H3. The number of ether oxygens (including phenoxy) is 4. The van der Waals surface area contributed by atoms with Crippen molar-refractivity contribution in [3.05, 3.63) is 18.2 Å². The van der Waals surface area contributed by atoms with E-state index in [1.54, 1.807) is 18.2 Å². The van der Waals surface area contributed by atoms with Crippen molar-refractivity contribution in [2.75, 3.05) is 20.0 Å². The van der Waals surface area contributed by atoms with Crippen LogP contribution in [0.15, 0.2) is 18.2 Å². The summed E-state index contributed by atoms with van der Waals surface area (Å²) in [7, 11) is 0. The average molecular weight is 252 g/mol. The lowest BCUT2D eigenvalue weighted by molar-refractivity contribution is -0.146. The topological polar surface area (TPSA) is 54.0 Å². The molecule has 0 fully saturated rings. The number of fused-ring (bicyclic) bond motifs is 1. The lowest BCUT2D eigenvalue weighted by Gasteiger charge is -2.07. The molecule has 98 valence electrons. The van der Waals surface area contributed by atoms with E-state index < -0.39 is 0 Å². The number of unbranched alkanes of at least 4 members (excludes halogenated alkanes) is 1. The maximum Gasteiger partial charge on any atom is 0.344 e. The Kier molecular flexibility index (Phi) is 4.28. The predicted octanol–water partition coefficient (Wildman–Crippen LogP) is 2.14. The smallest absolute Gasteiger partial charge is 0.344 e. The Hall–Kier alpha value is -1.91. The van der Waals surface area contributed by atoms with E-state index in [2.05, 4.69) is 0 Å². The minimum absolute atomic E-state index is 0.0939. The third-order valence-electron chi connectivity index (χ3n) is 2.46. The molecular weight excluding hydrogens is 236 g/mol. The van der Waals surface area contributed by atoms with Crippen LogP contribution in [0, 0.1) is 0 Å². The van der Waals surface area contributed by atoms with Crippen molar-refractivity contribution in [2.24, 2.45) is 0 Å². The van der Waals surface area contributed by atoms with Gasteiger partial charge in [-0.1, -0.05) is 13.3 Å². The first-order valence-corrected chi connectivity index (χ1v) is 5.97. The van der Waals surface area contributed by atoms with Crippen LogP contribution in [0.1, 0.15) is 19.8 Å². The number of benzene rings is 1. The molecule has 5 heteroatoms. The van der Waals surface area contributed by atoms with E-state index in [9.17, 15) is 4.79 Å². The van der Waals surface area contributed by atoms with Gasteiger partial charge in [-0.05, 0) is 18.6 Å². The second-order valence-corrected chi connectivity index (χ2v) is 3.88. The van der Waals surface area contributed by atoms with Gasteiger partial charge >= 0.3 is 5.97 Å². The molecule has 1 aliphatic heterocycles. The number of carbonyl (C=O) groups is 1. The van der Waals surface area contributed by atoms with E-state index in [1.165, 1.54) is 0 Å². The zero-order valence-electron chi connectivity index (χ0n) is 10.3. The highest BCUT2D eigenvalue weighted by atomic mass is 16.7. The van der Waals surface area contributed by atoms with Gasteiger partial charge in [0.25, 0.3) is 0 Å². The largest absolute Gasteiger partial charge is 0.482 e. The van der Waals surface area contributed by atoms with Crippen molar-refractivity contribution >= 4 is 5.97 Å². The van der Waals surface area contributed by atoms with Gasteiger partial charge < -0.3 is 18.9 Å². The van der Waals surface area contributed by atoms with Gasteiger partial charge in [0, 0.05) is 6.07 Å². The summed E-state index contributed by atoms with van der Waals surface area (Å²) in [4.78, 5) is 11.3. The molecule has 0 radical (unpaired) electrons. The Labute approximate surface area is 106 Å². The number of hydrogen-bond donors (Lipinski definition) is 0. The molecule has 18 heavy (non-hydrogen) atoms. The molecule has 0 atom stereocenters. The Bertz CT molecular complexity index is 416. The van der Waals surface area contributed by atoms with Crippen molar-refractivity contribution in [1.29, 1.82) is 0 Å². The summed E-state index contributed by atoms with van der Waals surface area (Å²) in [5.41, 5.74) is 0. The number of carbonyl (C=O) groups excluding carboxylic acids is 1. The summed E-state index contributed by atoms with van der Waals surface area (Å²) in [6, 6.07) is 5.18. The van der Waals surface area contributed by atoms with Crippen molar-refractivity contribution in [3.8, 4) is 17.2 Å². The number of hydrogen-bond acceptors (Lipinski definition) is 5. The van der Waals surface area contributed by atoms with Gasteiger partial charge in [-0.3, -0.25) is 0 Å². The summed E-state index contributed by atoms with van der Waals surface area (Å²) in [6.07, 6.45) is 1.87. The van der Waals surface area contributed by atoms with Crippen molar-refractivity contribution < 1.29 is 23.7 Å². The minimum atomic E-state index is -0.360. The highest BCUT2D eigenvalue weighted by Gasteiger charge is 2.14. The highest BCUT2D eigenvalue weighted by Crippen LogP contribution is 2.34. The van der Waals surface area contributed by atoms with E-state index >= 15 is 0 Å². The molecule has 0 spiro atoms. The zero-order chi connectivity index (χ0) is 12.8. The first-order chi connectivity index (χ1) is 8.79. The Balaban J connectivity index is 1.78. The number of esters is 1. The van der Waals surface area contributed by atoms with E-state index in [1.807, 2.05) is 6.92 Å². The first kappa shape index (κ1) is 12.5. The highest BCUT2D eigenvalue weighted by molar-refractivity contribution is 5.71. The zero-order valence-corrected chi connectivity index (χ0v) is 10.3. The lowest BCUT2D eigenvalue weighted by atomic mass is 10.3. The molecule has 0 saturated heterocycles. The molecule has 5 nitrogen and oxygen atoms in total. The summed E-state index contributed by atoms with van der Waals surface area (Å²) in [5.74, 6) is 1.52. The monoisotopic (exact) mass is 252 g/mol. The van der Waals surface area contributed by atoms with Crippen molar-refractivity contribution in [2.45, 2.75) is 19.8 Å². The summed E-state index contributed by atoms with van der Waals surface area (Å²) < 4.78 is 20.7. The molecule has 0 N–H and O–H groups in total. The van der Waals surface area contributed by atoms with Crippen LogP contribution in [-0.4, -0.2) is 26.0 Å². The van der Waals surface area contributed by atoms with Crippen LogP contribution in [0.3, 0.4) is 0 Å². The van der Waals surface area contributed by atoms with Gasteiger partial charge in [-0.2, -0.15) is 0 Å². The predicted molar refractivity (Wildman–Crippen MR) is 63.9 cm³/mol. The first-order valence-electron chi connectivity index (χ1n) is 5.97. The maximum absolute atomic E-state index is 11.3. The second kappa shape index (κ2) is 6.14. The van der Waals surface area contributed by atoms with Crippen molar-refractivity contribution in [1.82, 2.24) is 0 Å². The molecule has 1 aromatic carbocycles. The third kappa shape index (κ3) is 3.29. The van der Waals surface area contributed by atoms with Gasteiger partial charge in [0.15, 0.2) is 18.1 Å². The minimum Gasteiger partial charge on any atom is -0.482 e. The quantitative estimate of drug-likeness (QED) is 0.573. The molecule has 0 bridgehead atoms. The summed E-state index contributed by atoms with van der Waals surface area (Å²) in [6.45, 7) is 2.61. The van der Waals surface area contributed by atoms with Crippen LogP contribution < -0.4 is 14.2 Å². The fraction of sp³-hybridized carbons (Fsp3) is 0.462. The van der Waals surface area contributed by atoms with Crippen LogP contribution in [0.25, 0.3) is 0 Å². The maximum atomic E-state index is 11.3. The van der Waals surface area contributed by atoms with Crippen LogP contribution in [0.4, 0.5) is 0 Å². The molecule has 0 aromatic heterocycles. The average Bonchev–Trinajstić information content (AvgIpc) is 2.84. The molecule has 2 rings (SSSR count). The van der Waals surface area contributed by atoms with Gasteiger partial charge in [0.05, 0.1) is 6.61 Å². The van der Waals surface area contributed by atoms with Crippen LogP contribution >= 0.6 is 0 Å². The Morgan fingerprint density at radius 1 is 1.33 bits per heavy atom. The second-order valence-electron chi connectivity index (χ2n) is 3.88. The molecule has 1 aromatic rings. The molecule has 0 amide bonds. The van der Waals surface area contributed by atoms with Gasteiger partial charge in [0.1, 0.15) is 5.75 Å². The van der Waals surface area contributed by atoms with Gasteiger partial charge in [-0.15, -0.1) is 0 Å². The van der Waals surface area contributed by atoms with E-state index in [0.717, 1.165) is 12.8 Å². The van der Waals surface area contributed by atoms with E-state index in [-0.39, 0.29) is 19.4 Å². The molecule has 0 unspecified atom stereocenters. The van der Waals surface area contributed by atoms with Crippen LogP contribution in [0.5, 0.6) is 17.2 Å². The lowest BCUT2D eigenvalue weighted by Crippen LogP contribution is -2.15.